The SMILES string of the molecule is CCCCNC(=S)Nc1ccccc1SC(F)F. The van der Waals surface area contributed by atoms with Crippen molar-refractivity contribution in [3.05, 3.63) is 24.3 Å². The van der Waals surface area contributed by atoms with Crippen LogP contribution in [-0.4, -0.2) is 17.4 Å². The van der Waals surface area contributed by atoms with Gasteiger partial charge in [-0.2, -0.15) is 8.78 Å². The third-order valence-corrected chi connectivity index (χ3v) is 3.20. The number of rotatable bonds is 6. The minimum atomic E-state index is -2.44. The zero-order chi connectivity index (χ0) is 13.4. The molecular weight excluding hydrogens is 274 g/mol. The first-order valence-electron chi connectivity index (χ1n) is 5.72. The first-order chi connectivity index (χ1) is 8.63. The zero-order valence-corrected chi connectivity index (χ0v) is 11.7. The molecule has 2 nitrogen and oxygen atoms in total. The van der Waals surface area contributed by atoms with Gasteiger partial charge < -0.3 is 10.6 Å². The van der Waals surface area contributed by atoms with E-state index in [0.717, 1.165) is 19.4 Å². The predicted octanol–water partition coefficient (Wildman–Crippen LogP) is 4.09. The predicted molar refractivity (Wildman–Crippen MR) is 77.4 cm³/mol. The van der Waals surface area contributed by atoms with E-state index in [4.69, 9.17) is 12.2 Å². The highest BCUT2D eigenvalue weighted by atomic mass is 32.2. The number of thioether (sulfide) groups is 1. The average Bonchev–Trinajstić information content (AvgIpc) is 2.31. The summed E-state index contributed by atoms with van der Waals surface area (Å²) in [6.07, 6.45) is 2.10. The molecule has 0 aliphatic heterocycles. The second kappa shape index (κ2) is 8.26. The van der Waals surface area contributed by atoms with Crippen LogP contribution in [0.5, 0.6) is 0 Å². The summed E-state index contributed by atoms with van der Waals surface area (Å²) in [5.74, 6) is -2.44. The Morgan fingerprint density at radius 1 is 1.39 bits per heavy atom. The lowest BCUT2D eigenvalue weighted by atomic mass is 10.3. The Labute approximate surface area is 116 Å². The maximum atomic E-state index is 12.4. The van der Waals surface area contributed by atoms with Gasteiger partial charge in [0, 0.05) is 11.4 Å². The number of unbranched alkanes of at least 4 members (excludes halogenated alkanes) is 1. The van der Waals surface area contributed by atoms with Crippen LogP contribution in [0.1, 0.15) is 19.8 Å². The lowest BCUT2D eigenvalue weighted by Crippen LogP contribution is -2.29. The molecule has 0 heterocycles. The van der Waals surface area contributed by atoms with Crippen LogP contribution in [-0.2, 0) is 0 Å². The summed E-state index contributed by atoms with van der Waals surface area (Å²) in [6, 6.07) is 6.89. The first kappa shape index (κ1) is 15.2. The van der Waals surface area contributed by atoms with Gasteiger partial charge in [-0.25, -0.2) is 0 Å². The van der Waals surface area contributed by atoms with E-state index in [1.54, 1.807) is 24.3 Å². The van der Waals surface area contributed by atoms with Gasteiger partial charge in [-0.1, -0.05) is 37.2 Å². The van der Waals surface area contributed by atoms with Crippen LogP contribution in [0.3, 0.4) is 0 Å². The Hall–Kier alpha value is -0.880. The molecular formula is C12H16F2N2S2. The number of alkyl halides is 2. The van der Waals surface area contributed by atoms with E-state index < -0.39 is 5.76 Å². The van der Waals surface area contributed by atoms with E-state index in [2.05, 4.69) is 17.6 Å². The third-order valence-electron chi connectivity index (χ3n) is 2.17. The Morgan fingerprint density at radius 2 is 2.11 bits per heavy atom. The zero-order valence-electron chi connectivity index (χ0n) is 10.1. The number of hydrogen-bond donors (Lipinski definition) is 2. The number of benzene rings is 1. The Morgan fingerprint density at radius 3 is 2.78 bits per heavy atom. The van der Waals surface area contributed by atoms with Crippen LogP contribution in [0.15, 0.2) is 29.2 Å². The number of thiocarbonyl (C=S) groups is 1. The summed E-state index contributed by atoms with van der Waals surface area (Å²) in [5, 5.41) is 6.44. The molecule has 0 aliphatic rings. The summed E-state index contributed by atoms with van der Waals surface area (Å²) in [6.45, 7) is 2.87. The molecule has 0 atom stereocenters. The van der Waals surface area contributed by atoms with Crippen molar-refractivity contribution in [1.29, 1.82) is 0 Å². The molecule has 0 fully saturated rings. The van der Waals surface area contributed by atoms with Gasteiger partial charge in [0.2, 0.25) is 0 Å². The van der Waals surface area contributed by atoms with Crippen molar-refractivity contribution in [2.24, 2.45) is 0 Å². The maximum absolute atomic E-state index is 12.4. The average molecular weight is 290 g/mol. The Kier molecular flexibility index (Phi) is 6.97. The smallest absolute Gasteiger partial charge is 0.288 e. The summed E-state index contributed by atoms with van der Waals surface area (Å²) in [7, 11) is 0. The van der Waals surface area contributed by atoms with E-state index in [1.807, 2.05) is 0 Å². The van der Waals surface area contributed by atoms with Crippen LogP contribution in [0.2, 0.25) is 0 Å². The molecule has 0 spiro atoms. The minimum Gasteiger partial charge on any atom is -0.362 e. The normalized spacial score (nSPS) is 10.4. The molecule has 1 aromatic rings. The fourth-order valence-corrected chi connectivity index (χ4v) is 2.12. The third kappa shape index (κ3) is 5.64. The van der Waals surface area contributed by atoms with Crippen molar-refractivity contribution in [2.45, 2.75) is 30.4 Å². The summed E-state index contributed by atoms with van der Waals surface area (Å²) < 4.78 is 24.7. The number of para-hydroxylation sites is 1. The molecule has 2 N–H and O–H groups in total. The van der Waals surface area contributed by atoms with Crippen LogP contribution in [0, 0.1) is 0 Å². The van der Waals surface area contributed by atoms with E-state index in [1.165, 1.54) is 0 Å². The van der Waals surface area contributed by atoms with Crippen molar-refractivity contribution in [1.82, 2.24) is 5.32 Å². The highest BCUT2D eigenvalue weighted by Crippen LogP contribution is 2.31. The lowest BCUT2D eigenvalue weighted by molar-refractivity contribution is 0.252. The fourth-order valence-electron chi connectivity index (χ4n) is 1.31. The lowest BCUT2D eigenvalue weighted by Gasteiger charge is -2.13. The fraction of sp³-hybridized carbons (Fsp3) is 0.417. The van der Waals surface area contributed by atoms with Gasteiger partial charge in [0.1, 0.15) is 0 Å². The van der Waals surface area contributed by atoms with Crippen molar-refractivity contribution < 1.29 is 8.78 Å². The van der Waals surface area contributed by atoms with E-state index in [0.29, 0.717) is 27.5 Å². The number of anilines is 1. The molecule has 0 radical (unpaired) electrons. The first-order valence-corrected chi connectivity index (χ1v) is 7.01. The maximum Gasteiger partial charge on any atom is 0.288 e. The van der Waals surface area contributed by atoms with Gasteiger partial charge in [0.15, 0.2) is 5.11 Å². The Bertz CT molecular complexity index is 386. The molecule has 0 saturated heterocycles. The molecule has 0 unspecified atom stereocenters. The van der Waals surface area contributed by atoms with Gasteiger partial charge in [-0.15, -0.1) is 0 Å². The summed E-state index contributed by atoms with van der Waals surface area (Å²) in [5.41, 5.74) is 0.608. The van der Waals surface area contributed by atoms with Gasteiger partial charge >= 0.3 is 0 Å². The van der Waals surface area contributed by atoms with Crippen LogP contribution >= 0.6 is 24.0 Å². The highest BCUT2D eigenvalue weighted by Gasteiger charge is 2.10. The molecule has 0 saturated carbocycles. The molecule has 100 valence electrons. The van der Waals surface area contributed by atoms with Crippen LogP contribution in [0.4, 0.5) is 14.5 Å². The highest BCUT2D eigenvalue weighted by molar-refractivity contribution is 7.99. The van der Waals surface area contributed by atoms with Gasteiger partial charge in [0.05, 0.1) is 5.69 Å². The summed E-state index contributed by atoms with van der Waals surface area (Å²) >= 11 is 5.62. The second-order valence-electron chi connectivity index (χ2n) is 3.61. The van der Waals surface area contributed by atoms with E-state index in [-0.39, 0.29) is 0 Å². The quantitative estimate of drug-likeness (QED) is 0.468. The number of nitrogens with one attached hydrogen (secondary N) is 2. The van der Waals surface area contributed by atoms with Crippen molar-refractivity contribution in [2.75, 3.05) is 11.9 Å². The molecule has 0 bridgehead atoms. The standard InChI is InChI=1S/C12H16F2N2S2/c1-2-3-8-15-12(17)16-9-6-4-5-7-10(9)18-11(13)14/h4-7,11H,2-3,8H2,1H3,(H2,15,16,17). The minimum absolute atomic E-state index is 0.464. The van der Waals surface area contributed by atoms with Crippen molar-refractivity contribution >= 4 is 34.8 Å². The molecule has 0 aromatic heterocycles. The largest absolute Gasteiger partial charge is 0.362 e. The van der Waals surface area contributed by atoms with Crippen LogP contribution in [0.25, 0.3) is 0 Å². The van der Waals surface area contributed by atoms with Crippen molar-refractivity contribution in [3.63, 3.8) is 0 Å². The van der Waals surface area contributed by atoms with Gasteiger partial charge in [0.25, 0.3) is 5.76 Å². The van der Waals surface area contributed by atoms with Crippen molar-refractivity contribution in [3.8, 4) is 0 Å². The topological polar surface area (TPSA) is 24.1 Å². The molecule has 0 aliphatic carbocycles. The second-order valence-corrected chi connectivity index (χ2v) is 5.05. The van der Waals surface area contributed by atoms with E-state index in [9.17, 15) is 8.78 Å². The monoisotopic (exact) mass is 290 g/mol. The Balaban J connectivity index is 2.57. The molecule has 1 aromatic carbocycles. The summed E-state index contributed by atoms with van der Waals surface area (Å²) in [4.78, 5) is 0.493. The van der Waals surface area contributed by atoms with Gasteiger partial charge in [-0.05, 0) is 30.8 Å². The number of hydrogen-bond acceptors (Lipinski definition) is 2. The van der Waals surface area contributed by atoms with Crippen LogP contribution < -0.4 is 10.6 Å². The molecule has 6 heteroatoms. The van der Waals surface area contributed by atoms with E-state index >= 15 is 0 Å². The number of halogens is 2. The molecule has 1 rings (SSSR count). The molecule has 18 heavy (non-hydrogen) atoms. The molecule has 0 amide bonds. The van der Waals surface area contributed by atoms with Gasteiger partial charge in [-0.3, -0.25) is 0 Å².